The summed E-state index contributed by atoms with van der Waals surface area (Å²) in [6.45, 7) is 13.5. The van der Waals surface area contributed by atoms with E-state index in [1.165, 1.54) is 6.92 Å². The zero-order valence-electron chi connectivity index (χ0n) is 20.7. The molecule has 190 valence electrons. The van der Waals surface area contributed by atoms with Crippen LogP contribution in [-0.4, -0.2) is 70.3 Å². The number of hydrogen-bond acceptors (Lipinski definition) is 9. The fourth-order valence-corrected chi connectivity index (χ4v) is 4.96. The van der Waals surface area contributed by atoms with E-state index in [9.17, 15) is 24.6 Å². The Morgan fingerprint density at radius 3 is 2.53 bits per heavy atom. The predicted molar refractivity (Wildman–Crippen MR) is 120 cm³/mol. The lowest BCUT2D eigenvalue weighted by Gasteiger charge is -2.41. The minimum absolute atomic E-state index is 0.0323. The van der Waals surface area contributed by atoms with E-state index in [2.05, 4.69) is 6.58 Å². The molecule has 0 radical (unpaired) electrons. The summed E-state index contributed by atoms with van der Waals surface area (Å²) in [7, 11) is 0. The van der Waals surface area contributed by atoms with Crippen molar-refractivity contribution in [3.05, 3.63) is 23.8 Å². The fraction of sp³-hybridized carbons (Fsp3) is 0.720. The van der Waals surface area contributed by atoms with Gasteiger partial charge in [0, 0.05) is 29.4 Å². The molecule has 0 spiro atoms. The molecule has 0 aliphatic carbocycles. The van der Waals surface area contributed by atoms with Gasteiger partial charge in [0.15, 0.2) is 11.9 Å². The second kappa shape index (κ2) is 9.53. The van der Waals surface area contributed by atoms with Gasteiger partial charge in [-0.1, -0.05) is 33.4 Å². The summed E-state index contributed by atoms with van der Waals surface area (Å²) in [5, 5.41) is 23.2. The van der Waals surface area contributed by atoms with Gasteiger partial charge in [0.1, 0.15) is 18.8 Å². The molecule has 2 bridgehead atoms. The maximum Gasteiger partial charge on any atom is 0.334 e. The molecule has 0 amide bonds. The minimum atomic E-state index is -1.95. The molecule has 2 N–H and O–H groups in total. The van der Waals surface area contributed by atoms with Crippen molar-refractivity contribution in [2.75, 3.05) is 6.61 Å². The Balaban J connectivity index is 2.11. The number of ether oxygens (including phenoxy) is 4. The van der Waals surface area contributed by atoms with E-state index in [1.807, 2.05) is 0 Å². The number of aliphatic hydroxyl groups is 2. The van der Waals surface area contributed by atoms with E-state index in [0.717, 1.165) is 0 Å². The first-order valence-corrected chi connectivity index (χ1v) is 11.7. The molecule has 3 aliphatic rings. The largest absolute Gasteiger partial charge is 0.455 e. The summed E-state index contributed by atoms with van der Waals surface area (Å²) in [6.07, 6.45) is -2.29. The maximum absolute atomic E-state index is 12.8. The lowest BCUT2D eigenvalue weighted by molar-refractivity contribution is -0.277. The summed E-state index contributed by atoms with van der Waals surface area (Å²) in [5.74, 6) is -5.44. The van der Waals surface area contributed by atoms with Crippen molar-refractivity contribution in [1.29, 1.82) is 0 Å². The van der Waals surface area contributed by atoms with Crippen LogP contribution in [0.15, 0.2) is 23.8 Å². The third kappa shape index (κ3) is 4.71. The topological polar surface area (TPSA) is 129 Å². The summed E-state index contributed by atoms with van der Waals surface area (Å²) in [6, 6.07) is 0. The Kier molecular flexibility index (Phi) is 7.43. The average molecular weight is 481 g/mol. The van der Waals surface area contributed by atoms with Crippen molar-refractivity contribution in [3.63, 3.8) is 0 Å². The molecule has 0 aromatic heterocycles. The number of esters is 2. The van der Waals surface area contributed by atoms with Gasteiger partial charge in [0.05, 0.1) is 17.6 Å². The lowest BCUT2D eigenvalue weighted by Crippen LogP contribution is -2.58. The standard InChI is InChI=1S/C25H36O9/c1-8-13(4)22(27)33-20-18-15(6)23(28)32-19(18)21(31-11-17(26)12(2)3)24(7,29)10-16-9-14(5)25(20,30)34-16/h8,12,14,16,18-21,29-30H,6,9-11H2,1-5,7H3/b13-8-/t14-,16-,18+,19+,20-,21-,24+,25+/m0/s1. The molecule has 0 aromatic carbocycles. The summed E-state index contributed by atoms with van der Waals surface area (Å²) in [4.78, 5) is 37.8. The Labute approximate surface area is 200 Å². The van der Waals surface area contributed by atoms with Crippen LogP contribution < -0.4 is 0 Å². The van der Waals surface area contributed by atoms with Gasteiger partial charge in [-0.3, -0.25) is 4.79 Å². The molecular weight excluding hydrogens is 444 g/mol. The van der Waals surface area contributed by atoms with E-state index in [-0.39, 0.29) is 30.3 Å². The fourth-order valence-electron chi connectivity index (χ4n) is 4.96. The van der Waals surface area contributed by atoms with Crippen LogP contribution in [0.25, 0.3) is 0 Å². The molecule has 8 atom stereocenters. The van der Waals surface area contributed by atoms with Gasteiger partial charge in [-0.15, -0.1) is 0 Å². The maximum atomic E-state index is 12.8. The van der Waals surface area contributed by atoms with E-state index in [4.69, 9.17) is 18.9 Å². The molecule has 3 rings (SSSR count). The number of allylic oxidation sites excluding steroid dienone is 1. The van der Waals surface area contributed by atoms with Crippen molar-refractivity contribution >= 4 is 17.7 Å². The highest BCUT2D eigenvalue weighted by Gasteiger charge is 2.64. The second-order valence-electron chi connectivity index (χ2n) is 10.3. The van der Waals surface area contributed by atoms with Crippen LogP contribution in [0.5, 0.6) is 0 Å². The molecule has 3 saturated heterocycles. The summed E-state index contributed by atoms with van der Waals surface area (Å²) in [5.41, 5.74) is -1.32. The van der Waals surface area contributed by atoms with Gasteiger partial charge in [0.25, 0.3) is 0 Å². The predicted octanol–water partition coefficient (Wildman–Crippen LogP) is 1.84. The highest BCUT2D eigenvalue weighted by atomic mass is 16.7. The van der Waals surface area contributed by atoms with Gasteiger partial charge in [0.2, 0.25) is 5.79 Å². The van der Waals surface area contributed by atoms with Crippen LogP contribution in [0.4, 0.5) is 0 Å². The van der Waals surface area contributed by atoms with Gasteiger partial charge >= 0.3 is 11.9 Å². The minimum Gasteiger partial charge on any atom is -0.455 e. The van der Waals surface area contributed by atoms with Crippen LogP contribution >= 0.6 is 0 Å². The summed E-state index contributed by atoms with van der Waals surface area (Å²) >= 11 is 0. The normalized spacial score (nSPS) is 40.3. The third-order valence-electron chi connectivity index (χ3n) is 7.26. The molecule has 9 nitrogen and oxygen atoms in total. The number of fused-ring (bicyclic) bond motifs is 3. The van der Waals surface area contributed by atoms with Gasteiger partial charge in [-0.25, -0.2) is 9.59 Å². The van der Waals surface area contributed by atoms with Crippen molar-refractivity contribution in [2.45, 2.75) is 90.2 Å². The van der Waals surface area contributed by atoms with E-state index in [1.54, 1.807) is 40.7 Å². The first-order valence-electron chi connectivity index (χ1n) is 11.7. The Bertz CT molecular complexity index is 889. The molecule has 3 heterocycles. The Morgan fingerprint density at radius 1 is 1.29 bits per heavy atom. The van der Waals surface area contributed by atoms with E-state index in [0.29, 0.717) is 12.0 Å². The number of rotatable bonds is 6. The molecule has 3 aliphatic heterocycles. The number of hydrogen-bond donors (Lipinski definition) is 2. The highest BCUT2D eigenvalue weighted by Crippen LogP contribution is 2.50. The number of ketones is 1. The van der Waals surface area contributed by atoms with Crippen LogP contribution in [0.1, 0.15) is 54.4 Å². The lowest BCUT2D eigenvalue weighted by atomic mass is 9.75. The number of Topliss-reactive ketones (excluding diaryl/α,β-unsaturated/α-hetero) is 1. The van der Waals surface area contributed by atoms with Gasteiger partial charge in [-0.05, 0) is 27.2 Å². The van der Waals surface area contributed by atoms with Crippen LogP contribution in [0.3, 0.4) is 0 Å². The molecule has 34 heavy (non-hydrogen) atoms. The zero-order valence-corrected chi connectivity index (χ0v) is 20.7. The Morgan fingerprint density at radius 2 is 1.94 bits per heavy atom. The molecule has 0 saturated carbocycles. The second-order valence-corrected chi connectivity index (χ2v) is 10.3. The van der Waals surface area contributed by atoms with Crippen LogP contribution in [0.2, 0.25) is 0 Å². The first-order chi connectivity index (χ1) is 15.7. The van der Waals surface area contributed by atoms with Crippen molar-refractivity contribution in [1.82, 2.24) is 0 Å². The van der Waals surface area contributed by atoms with Crippen molar-refractivity contribution in [3.8, 4) is 0 Å². The van der Waals surface area contributed by atoms with Crippen molar-refractivity contribution < 1.29 is 43.5 Å². The zero-order chi connectivity index (χ0) is 25.6. The SMILES string of the molecule is C=C1C(=O)O[C@@H]2[C@@H]1[C@H](OC(=O)/C(C)=C\C)[C@]1(O)O[C@@H](C[C@@H]1C)C[C@@](C)(O)[C@H]2OCC(=O)C(C)C. The molecule has 3 fully saturated rings. The van der Waals surface area contributed by atoms with Crippen LogP contribution in [0, 0.1) is 17.8 Å². The average Bonchev–Trinajstić information content (AvgIpc) is 3.19. The number of carbonyl (C=O) groups is 3. The molecular formula is C25H36O9. The number of carbonyl (C=O) groups excluding carboxylic acids is 3. The molecule has 9 heteroatoms. The quantitative estimate of drug-likeness (QED) is 0.432. The van der Waals surface area contributed by atoms with Gasteiger partial charge in [-0.2, -0.15) is 0 Å². The van der Waals surface area contributed by atoms with E-state index < -0.39 is 59.6 Å². The third-order valence-corrected chi connectivity index (χ3v) is 7.26. The summed E-state index contributed by atoms with van der Waals surface area (Å²) < 4.78 is 23.3. The van der Waals surface area contributed by atoms with Crippen LogP contribution in [-0.2, 0) is 33.3 Å². The van der Waals surface area contributed by atoms with Crippen molar-refractivity contribution in [2.24, 2.45) is 17.8 Å². The Hall–Kier alpha value is -2.07. The smallest absolute Gasteiger partial charge is 0.334 e. The van der Waals surface area contributed by atoms with Gasteiger partial charge < -0.3 is 29.2 Å². The highest BCUT2D eigenvalue weighted by molar-refractivity contribution is 5.92. The molecule has 0 unspecified atom stereocenters. The first kappa shape index (κ1) is 26.5. The van der Waals surface area contributed by atoms with E-state index >= 15 is 0 Å². The monoisotopic (exact) mass is 480 g/mol. The molecule has 0 aromatic rings.